The van der Waals surface area contributed by atoms with E-state index in [9.17, 15) is 19.1 Å². The lowest BCUT2D eigenvalue weighted by atomic mass is 10.2. The first-order valence-electron chi connectivity index (χ1n) is 4.75. The SMILES string of the molecule is CC(C(=O)O)S(=O)Cc1ccccc1[N+](=O)[O-]. The summed E-state index contributed by atoms with van der Waals surface area (Å²) in [5.74, 6) is -1.31. The maximum Gasteiger partial charge on any atom is 0.318 e. The second-order valence-corrected chi connectivity index (χ2v) is 5.15. The number of rotatable bonds is 5. The summed E-state index contributed by atoms with van der Waals surface area (Å²) in [7, 11) is -1.68. The predicted molar refractivity (Wildman–Crippen MR) is 62.0 cm³/mol. The minimum Gasteiger partial charge on any atom is -0.480 e. The quantitative estimate of drug-likeness (QED) is 0.633. The number of para-hydroxylation sites is 1. The first-order chi connectivity index (χ1) is 7.93. The molecular weight excluding hydrogens is 246 g/mol. The molecule has 0 saturated carbocycles. The molecule has 1 aromatic rings. The van der Waals surface area contributed by atoms with Gasteiger partial charge in [-0.25, -0.2) is 0 Å². The van der Waals surface area contributed by atoms with Crippen molar-refractivity contribution in [1.82, 2.24) is 0 Å². The molecule has 0 spiro atoms. The second kappa shape index (κ2) is 5.53. The van der Waals surface area contributed by atoms with Gasteiger partial charge in [0.1, 0.15) is 5.25 Å². The van der Waals surface area contributed by atoms with Crippen LogP contribution in [0.15, 0.2) is 24.3 Å². The van der Waals surface area contributed by atoms with Crippen molar-refractivity contribution in [2.45, 2.75) is 17.9 Å². The summed E-state index contributed by atoms with van der Waals surface area (Å²) in [6.07, 6.45) is 0. The summed E-state index contributed by atoms with van der Waals surface area (Å²) in [4.78, 5) is 20.7. The number of nitrogens with zero attached hydrogens (tertiary/aromatic N) is 1. The Hall–Kier alpha value is -1.76. The van der Waals surface area contributed by atoms with Crippen LogP contribution < -0.4 is 0 Å². The van der Waals surface area contributed by atoms with E-state index in [0.717, 1.165) is 0 Å². The van der Waals surface area contributed by atoms with Crippen LogP contribution in [0.1, 0.15) is 12.5 Å². The number of hydrogen-bond donors (Lipinski definition) is 1. The molecule has 0 bridgehead atoms. The van der Waals surface area contributed by atoms with E-state index in [1.165, 1.54) is 25.1 Å². The summed E-state index contributed by atoms with van der Waals surface area (Å²) < 4.78 is 11.6. The van der Waals surface area contributed by atoms with Gasteiger partial charge < -0.3 is 5.11 Å². The van der Waals surface area contributed by atoms with Crippen molar-refractivity contribution < 1.29 is 19.0 Å². The van der Waals surface area contributed by atoms with Crippen molar-refractivity contribution in [3.05, 3.63) is 39.9 Å². The fraction of sp³-hybridized carbons (Fsp3) is 0.300. The molecule has 0 aliphatic rings. The third kappa shape index (κ3) is 3.35. The Bertz CT molecular complexity index is 474. The molecule has 0 heterocycles. The van der Waals surface area contributed by atoms with Gasteiger partial charge in [0, 0.05) is 22.4 Å². The molecule has 6 nitrogen and oxygen atoms in total. The Labute approximate surface area is 99.9 Å². The van der Waals surface area contributed by atoms with Gasteiger partial charge in [-0.15, -0.1) is 0 Å². The monoisotopic (exact) mass is 257 g/mol. The Morgan fingerprint density at radius 2 is 2.12 bits per heavy atom. The molecule has 7 heteroatoms. The van der Waals surface area contributed by atoms with E-state index >= 15 is 0 Å². The fourth-order valence-corrected chi connectivity index (χ4v) is 2.23. The zero-order valence-corrected chi connectivity index (χ0v) is 9.85. The van der Waals surface area contributed by atoms with Crippen LogP contribution >= 0.6 is 0 Å². The summed E-state index contributed by atoms with van der Waals surface area (Å²) in [5, 5.41) is 18.3. The van der Waals surface area contributed by atoms with E-state index in [-0.39, 0.29) is 17.0 Å². The van der Waals surface area contributed by atoms with Crippen molar-refractivity contribution in [3.8, 4) is 0 Å². The van der Waals surface area contributed by atoms with Gasteiger partial charge in [-0.05, 0) is 6.92 Å². The largest absolute Gasteiger partial charge is 0.480 e. The maximum atomic E-state index is 11.6. The van der Waals surface area contributed by atoms with E-state index in [0.29, 0.717) is 0 Å². The molecular formula is C10H11NO5S. The molecule has 0 aliphatic heterocycles. The predicted octanol–water partition coefficient (Wildman–Crippen LogP) is 1.32. The van der Waals surface area contributed by atoms with Crippen LogP contribution in [0.5, 0.6) is 0 Å². The van der Waals surface area contributed by atoms with Crippen LogP contribution in [0.3, 0.4) is 0 Å². The summed E-state index contributed by atoms with van der Waals surface area (Å²) >= 11 is 0. The van der Waals surface area contributed by atoms with Gasteiger partial charge >= 0.3 is 5.97 Å². The van der Waals surface area contributed by atoms with Crippen molar-refractivity contribution >= 4 is 22.5 Å². The van der Waals surface area contributed by atoms with Gasteiger partial charge in [-0.1, -0.05) is 18.2 Å². The molecule has 0 saturated heterocycles. The summed E-state index contributed by atoms with van der Waals surface area (Å²) in [5.41, 5.74) is 0.141. The van der Waals surface area contributed by atoms with Gasteiger partial charge in [0.25, 0.3) is 5.69 Å². The van der Waals surface area contributed by atoms with E-state index in [2.05, 4.69) is 0 Å². The first-order valence-corrected chi connectivity index (χ1v) is 6.14. The Morgan fingerprint density at radius 1 is 1.53 bits per heavy atom. The topological polar surface area (TPSA) is 97.5 Å². The Balaban J connectivity index is 2.92. The number of nitro groups is 1. The smallest absolute Gasteiger partial charge is 0.318 e. The number of aliphatic carboxylic acids is 1. The van der Waals surface area contributed by atoms with E-state index in [1.807, 2.05) is 0 Å². The van der Waals surface area contributed by atoms with E-state index < -0.39 is 26.9 Å². The fourth-order valence-electron chi connectivity index (χ4n) is 1.20. The van der Waals surface area contributed by atoms with Crippen molar-refractivity contribution in [2.24, 2.45) is 0 Å². The molecule has 2 unspecified atom stereocenters. The molecule has 0 aliphatic carbocycles. The second-order valence-electron chi connectivity index (χ2n) is 3.39. The summed E-state index contributed by atoms with van der Waals surface area (Å²) in [6.45, 7) is 1.31. The van der Waals surface area contributed by atoms with E-state index in [4.69, 9.17) is 5.11 Å². The molecule has 2 atom stereocenters. The lowest BCUT2D eigenvalue weighted by Crippen LogP contribution is -2.23. The van der Waals surface area contributed by atoms with Crippen molar-refractivity contribution in [1.29, 1.82) is 0 Å². The van der Waals surface area contributed by atoms with Gasteiger partial charge in [0.15, 0.2) is 0 Å². The third-order valence-corrected chi connectivity index (χ3v) is 3.81. The highest BCUT2D eigenvalue weighted by molar-refractivity contribution is 7.85. The first kappa shape index (κ1) is 13.3. The zero-order chi connectivity index (χ0) is 13.0. The molecule has 17 heavy (non-hydrogen) atoms. The van der Waals surface area contributed by atoms with Crippen molar-refractivity contribution in [2.75, 3.05) is 0 Å². The lowest BCUT2D eigenvalue weighted by molar-refractivity contribution is -0.385. The number of nitro benzene ring substituents is 1. The van der Waals surface area contributed by atoms with Gasteiger partial charge in [-0.2, -0.15) is 0 Å². The van der Waals surface area contributed by atoms with Crippen LogP contribution in [0, 0.1) is 10.1 Å². The maximum absolute atomic E-state index is 11.6. The zero-order valence-electron chi connectivity index (χ0n) is 9.03. The molecule has 0 fully saturated rings. The van der Waals surface area contributed by atoms with Crippen LogP contribution in [-0.2, 0) is 21.3 Å². The Kier molecular flexibility index (Phi) is 4.33. The van der Waals surface area contributed by atoms with Crippen LogP contribution in [0.2, 0.25) is 0 Å². The third-order valence-electron chi connectivity index (χ3n) is 2.23. The number of carboxylic acids is 1. The lowest BCUT2D eigenvalue weighted by Gasteiger charge is -2.06. The minimum absolute atomic E-state index is 0.134. The molecule has 1 rings (SSSR count). The van der Waals surface area contributed by atoms with Crippen molar-refractivity contribution in [3.63, 3.8) is 0 Å². The van der Waals surface area contributed by atoms with Crippen LogP contribution in [0.4, 0.5) is 5.69 Å². The minimum atomic E-state index is -1.68. The van der Waals surface area contributed by atoms with Gasteiger partial charge in [-0.3, -0.25) is 19.1 Å². The van der Waals surface area contributed by atoms with E-state index in [1.54, 1.807) is 6.07 Å². The highest BCUT2D eigenvalue weighted by Crippen LogP contribution is 2.20. The Morgan fingerprint density at radius 3 is 2.65 bits per heavy atom. The summed E-state index contributed by atoms with van der Waals surface area (Å²) in [6, 6.07) is 5.87. The number of carbonyl (C=O) groups is 1. The highest BCUT2D eigenvalue weighted by atomic mass is 32.2. The highest BCUT2D eigenvalue weighted by Gasteiger charge is 2.22. The molecule has 0 aromatic heterocycles. The average Bonchev–Trinajstić information content (AvgIpc) is 2.28. The molecule has 0 amide bonds. The number of carboxylic acid groups (broad SMARTS) is 1. The van der Waals surface area contributed by atoms with Crippen LogP contribution in [-0.4, -0.2) is 25.5 Å². The van der Waals surface area contributed by atoms with Gasteiger partial charge in [0.05, 0.1) is 10.7 Å². The molecule has 0 radical (unpaired) electrons. The normalized spacial score (nSPS) is 13.9. The number of benzene rings is 1. The van der Waals surface area contributed by atoms with Gasteiger partial charge in [0.2, 0.25) is 0 Å². The standard InChI is InChI=1S/C10H11NO5S/c1-7(10(12)13)17(16)6-8-4-2-3-5-9(8)11(14)15/h2-5,7H,6H2,1H3,(H,12,13). The molecule has 92 valence electrons. The number of hydrogen-bond acceptors (Lipinski definition) is 4. The van der Waals surface area contributed by atoms with Crippen LogP contribution in [0.25, 0.3) is 0 Å². The molecule has 1 aromatic carbocycles. The average molecular weight is 257 g/mol. The molecule has 1 N–H and O–H groups in total.